The molecule has 142 valence electrons. The molecule has 0 amide bonds. The molecule has 0 aliphatic carbocycles. The third kappa shape index (κ3) is 3.57. The fourth-order valence-electron chi connectivity index (χ4n) is 2.97. The van der Waals surface area contributed by atoms with E-state index in [2.05, 4.69) is 0 Å². The van der Waals surface area contributed by atoms with E-state index in [0.29, 0.717) is 28.6 Å². The van der Waals surface area contributed by atoms with E-state index in [9.17, 15) is 9.90 Å². The summed E-state index contributed by atoms with van der Waals surface area (Å²) in [6.07, 6.45) is -1.90. The van der Waals surface area contributed by atoms with E-state index in [4.69, 9.17) is 18.9 Å². The molecule has 0 radical (unpaired) electrons. The van der Waals surface area contributed by atoms with Crippen LogP contribution in [0, 0.1) is 0 Å². The number of carboxylic acids is 1. The smallest absolute Gasteiger partial charge is 0.349 e. The Balaban J connectivity index is 1.54. The van der Waals surface area contributed by atoms with Crippen LogP contribution in [0.2, 0.25) is 0 Å². The van der Waals surface area contributed by atoms with Gasteiger partial charge in [0, 0.05) is 0 Å². The predicted octanol–water partition coefficient (Wildman–Crippen LogP) is 4.45. The van der Waals surface area contributed by atoms with Gasteiger partial charge in [-0.15, -0.1) is 0 Å². The minimum absolute atomic E-state index is 0.422. The normalized spacial score (nSPS) is 17.6. The minimum Gasteiger partial charge on any atom is -0.497 e. The van der Waals surface area contributed by atoms with Gasteiger partial charge in [-0.2, -0.15) is 0 Å². The molecule has 0 bridgehead atoms. The van der Waals surface area contributed by atoms with Crippen molar-refractivity contribution in [2.24, 2.45) is 0 Å². The molecule has 6 nitrogen and oxygen atoms in total. The molecular formula is C22H18O6. The quantitative estimate of drug-likeness (QED) is 0.707. The largest absolute Gasteiger partial charge is 0.497 e. The first-order chi connectivity index (χ1) is 13.6. The zero-order valence-corrected chi connectivity index (χ0v) is 15.1. The summed E-state index contributed by atoms with van der Waals surface area (Å²) in [5.74, 6) is 1.89. The van der Waals surface area contributed by atoms with Gasteiger partial charge in [-0.1, -0.05) is 24.3 Å². The molecule has 0 spiro atoms. The number of benzene rings is 3. The van der Waals surface area contributed by atoms with Crippen LogP contribution in [0.4, 0.5) is 0 Å². The summed E-state index contributed by atoms with van der Waals surface area (Å²) in [4.78, 5) is 11.7. The Kier molecular flexibility index (Phi) is 4.76. The van der Waals surface area contributed by atoms with Gasteiger partial charge in [-0.25, -0.2) is 4.79 Å². The van der Waals surface area contributed by atoms with Gasteiger partial charge >= 0.3 is 5.97 Å². The number of carboxylic acid groups (broad SMARTS) is 1. The van der Waals surface area contributed by atoms with Crippen molar-refractivity contribution >= 4 is 5.97 Å². The van der Waals surface area contributed by atoms with Crippen molar-refractivity contribution in [2.75, 3.05) is 7.11 Å². The molecule has 4 rings (SSSR count). The number of para-hydroxylation sites is 2. The second kappa shape index (κ2) is 7.52. The summed E-state index contributed by atoms with van der Waals surface area (Å²) in [5.41, 5.74) is 0.684. The van der Waals surface area contributed by atoms with E-state index in [-0.39, 0.29) is 0 Å². The fraction of sp³-hybridized carbons (Fsp3) is 0.136. The first kappa shape index (κ1) is 17.7. The first-order valence-corrected chi connectivity index (χ1v) is 8.71. The highest BCUT2D eigenvalue weighted by molar-refractivity contribution is 5.75. The van der Waals surface area contributed by atoms with Gasteiger partial charge in [0.1, 0.15) is 17.2 Å². The van der Waals surface area contributed by atoms with Gasteiger partial charge in [0.2, 0.25) is 6.10 Å². The van der Waals surface area contributed by atoms with Crippen molar-refractivity contribution in [1.82, 2.24) is 0 Å². The maximum absolute atomic E-state index is 11.7. The molecule has 0 fully saturated rings. The molecule has 3 aromatic rings. The van der Waals surface area contributed by atoms with Crippen LogP contribution in [0.3, 0.4) is 0 Å². The second-order valence-corrected chi connectivity index (χ2v) is 6.21. The summed E-state index contributed by atoms with van der Waals surface area (Å²) < 4.78 is 22.5. The molecule has 1 aliphatic heterocycles. The van der Waals surface area contributed by atoms with Crippen LogP contribution in [-0.4, -0.2) is 24.3 Å². The number of aliphatic carboxylic acids is 1. The van der Waals surface area contributed by atoms with Crippen molar-refractivity contribution in [2.45, 2.75) is 12.2 Å². The van der Waals surface area contributed by atoms with E-state index in [1.807, 2.05) is 30.3 Å². The molecule has 2 unspecified atom stereocenters. The molecule has 0 saturated carbocycles. The lowest BCUT2D eigenvalue weighted by Crippen LogP contribution is -2.39. The number of hydrogen-bond acceptors (Lipinski definition) is 5. The molecule has 2 atom stereocenters. The summed E-state index contributed by atoms with van der Waals surface area (Å²) in [7, 11) is 1.61. The van der Waals surface area contributed by atoms with Crippen LogP contribution in [0.15, 0.2) is 72.8 Å². The summed E-state index contributed by atoms with van der Waals surface area (Å²) in [6, 6.07) is 21.3. The fourth-order valence-corrected chi connectivity index (χ4v) is 2.97. The zero-order valence-electron chi connectivity index (χ0n) is 15.1. The van der Waals surface area contributed by atoms with Crippen LogP contribution in [-0.2, 0) is 4.79 Å². The Morgan fingerprint density at radius 1 is 0.821 bits per heavy atom. The highest BCUT2D eigenvalue weighted by atomic mass is 16.6. The topological polar surface area (TPSA) is 74.2 Å². The summed E-state index contributed by atoms with van der Waals surface area (Å²) in [5, 5.41) is 9.55. The highest BCUT2D eigenvalue weighted by Gasteiger charge is 2.38. The second-order valence-electron chi connectivity index (χ2n) is 6.21. The Hall–Kier alpha value is -3.67. The van der Waals surface area contributed by atoms with Crippen LogP contribution in [0.1, 0.15) is 11.7 Å². The van der Waals surface area contributed by atoms with Crippen molar-refractivity contribution < 1.29 is 28.8 Å². The maximum atomic E-state index is 11.7. The Morgan fingerprint density at radius 2 is 1.36 bits per heavy atom. The van der Waals surface area contributed by atoms with Crippen molar-refractivity contribution in [3.05, 3.63) is 78.4 Å². The van der Waals surface area contributed by atoms with Gasteiger partial charge in [-0.3, -0.25) is 0 Å². The lowest BCUT2D eigenvalue weighted by Gasteiger charge is -2.31. The number of fused-ring (bicyclic) bond motifs is 1. The van der Waals surface area contributed by atoms with Crippen molar-refractivity contribution in [3.63, 3.8) is 0 Å². The molecule has 3 aromatic carbocycles. The number of ether oxygens (including phenoxy) is 4. The van der Waals surface area contributed by atoms with E-state index in [1.165, 1.54) is 0 Å². The Bertz CT molecular complexity index is 965. The number of carbonyl (C=O) groups is 1. The number of rotatable bonds is 5. The third-order valence-electron chi connectivity index (χ3n) is 4.38. The van der Waals surface area contributed by atoms with Crippen LogP contribution in [0.25, 0.3) is 0 Å². The van der Waals surface area contributed by atoms with Crippen LogP contribution in [0.5, 0.6) is 28.7 Å². The van der Waals surface area contributed by atoms with E-state index in [0.717, 1.165) is 5.75 Å². The molecule has 28 heavy (non-hydrogen) atoms. The molecule has 1 aliphatic rings. The number of methoxy groups -OCH3 is 1. The SMILES string of the molecule is COc1ccc(Oc2ccc(C3Oc4ccccc4OC3C(=O)O)cc2)cc1. The molecule has 6 heteroatoms. The van der Waals surface area contributed by atoms with E-state index >= 15 is 0 Å². The Labute approximate surface area is 161 Å². The van der Waals surface area contributed by atoms with Gasteiger partial charge in [0.25, 0.3) is 0 Å². The average Bonchev–Trinajstić information content (AvgIpc) is 2.74. The average molecular weight is 378 g/mol. The highest BCUT2D eigenvalue weighted by Crippen LogP contribution is 2.39. The first-order valence-electron chi connectivity index (χ1n) is 8.71. The van der Waals surface area contributed by atoms with Gasteiger partial charge in [0.05, 0.1) is 7.11 Å². The minimum atomic E-state index is -1.14. The van der Waals surface area contributed by atoms with E-state index in [1.54, 1.807) is 49.6 Å². The molecule has 1 N–H and O–H groups in total. The van der Waals surface area contributed by atoms with Crippen molar-refractivity contribution in [1.29, 1.82) is 0 Å². The summed E-state index contributed by atoms with van der Waals surface area (Å²) in [6.45, 7) is 0. The number of hydrogen-bond donors (Lipinski definition) is 1. The van der Waals surface area contributed by atoms with Crippen LogP contribution >= 0.6 is 0 Å². The molecule has 0 aromatic heterocycles. The van der Waals surface area contributed by atoms with Crippen molar-refractivity contribution in [3.8, 4) is 28.7 Å². The maximum Gasteiger partial charge on any atom is 0.349 e. The molecule has 0 saturated heterocycles. The van der Waals surface area contributed by atoms with Crippen LogP contribution < -0.4 is 18.9 Å². The monoisotopic (exact) mass is 378 g/mol. The summed E-state index contributed by atoms with van der Waals surface area (Å²) >= 11 is 0. The Morgan fingerprint density at radius 3 is 1.93 bits per heavy atom. The standard InChI is InChI=1S/C22H18O6/c1-25-15-10-12-17(13-11-15)26-16-8-6-14(7-9-16)20-21(22(23)24)28-19-5-3-2-4-18(19)27-20/h2-13,20-21H,1H3,(H,23,24). The molecular weight excluding hydrogens is 360 g/mol. The zero-order chi connectivity index (χ0) is 19.5. The lowest BCUT2D eigenvalue weighted by atomic mass is 10.0. The van der Waals surface area contributed by atoms with Gasteiger partial charge in [0.15, 0.2) is 17.6 Å². The molecule has 1 heterocycles. The lowest BCUT2D eigenvalue weighted by molar-refractivity contribution is -0.151. The third-order valence-corrected chi connectivity index (χ3v) is 4.38. The predicted molar refractivity (Wildman–Crippen MR) is 101 cm³/mol. The van der Waals surface area contributed by atoms with Gasteiger partial charge in [-0.05, 0) is 54.1 Å². The van der Waals surface area contributed by atoms with Gasteiger partial charge < -0.3 is 24.1 Å². The van der Waals surface area contributed by atoms with E-state index < -0.39 is 18.2 Å².